The Bertz CT molecular complexity index is 796. The van der Waals surface area contributed by atoms with Crippen molar-refractivity contribution in [3.63, 3.8) is 0 Å². The first kappa shape index (κ1) is 15.8. The van der Waals surface area contributed by atoms with Crippen molar-refractivity contribution in [2.75, 3.05) is 5.32 Å². The minimum atomic E-state index is -0.515. The number of nitrogens with one attached hydrogen (secondary N) is 1. The second kappa shape index (κ2) is 6.31. The number of carbonyl (C=O) groups is 1. The maximum absolute atomic E-state index is 12.2. The van der Waals surface area contributed by atoms with E-state index in [1.54, 1.807) is 30.3 Å². The molecule has 1 saturated carbocycles. The lowest BCUT2D eigenvalue weighted by molar-refractivity contribution is -0.115. The number of para-hydroxylation sites is 1. The number of hydrogen-bond acceptors (Lipinski definition) is 4. The van der Waals surface area contributed by atoms with Gasteiger partial charge in [0.05, 0.1) is 6.42 Å². The third kappa shape index (κ3) is 3.27. The molecule has 1 spiro atoms. The van der Waals surface area contributed by atoms with E-state index in [0.717, 1.165) is 31.4 Å². The van der Waals surface area contributed by atoms with E-state index in [0.29, 0.717) is 17.0 Å². The average Bonchev–Trinajstić information content (AvgIpc) is 2.94. The molecule has 1 aliphatic heterocycles. The van der Waals surface area contributed by atoms with Crippen LogP contribution in [0.15, 0.2) is 42.5 Å². The van der Waals surface area contributed by atoms with Gasteiger partial charge in [-0.25, -0.2) is 0 Å². The molecular weight excluding hydrogens is 318 g/mol. The van der Waals surface area contributed by atoms with Gasteiger partial charge in [-0.05, 0) is 31.0 Å². The molecule has 5 heteroatoms. The first-order chi connectivity index (χ1) is 12.1. The number of ether oxygens (including phenoxy) is 2. The molecule has 2 aliphatic rings. The van der Waals surface area contributed by atoms with E-state index < -0.39 is 5.79 Å². The summed E-state index contributed by atoms with van der Waals surface area (Å²) in [4.78, 5) is 12.2. The first-order valence-corrected chi connectivity index (χ1v) is 8.72. The van der Waals surface area contributed by atoms with E-state index in [-0.39, 0.29) is 18.1 Å². The summed E-state index contributed by atoms with van der Waals surface area (Å²) in [5.74, 6) is 0.845. The van der Waals surface area contributed by atoms with Gasteiger partial charge in [-0.2, -0.15) is 0 Å². The Labute approximate surface area is 146 Å². The van der Waals surface area contributed by atoms with Crippen LogP contribution in [-0.4, -0.2) is 16.8 Å². The zero-order valence-electron chi connectivity index (χ0n) is 14.0. The van der Waals surface area contributed by atoms with Crippen molar-refractivity contribution in [3.05, 3.63) is 48.0 Å². The number of carbonyl (C=O) groups excluding carboxylic acids is 1. The molecule has 130 valence electrons. The van der Waals surface area contributed by atoms with Crippen molar-refractivity contribution in [3.8, 4) is 17.2 Å². The largest absolute Gasteiger partial charge is 0.508 e. The monoisotopic (exact) mass is 339 g/mol. The highest BCUT2D eigenvalue weighted by atomic mass is 16.7. The van der Waals surface area contributed by atoms with Gasteiger partial charge in [-0.1, -0.05) is 24.6 Å². The Morgan fingerprint density at radius 1 is 1.04 bits per heavy atom. The minimum Gasteiger partial charge on any atom is -0.508 e. The van der Waals surface area contributed by atoms with Gasteiger partial charge < -0.3 is 19.9 Å². The molecule has 0 atom stereocenters. The molecule has 0 saturated heterocycles. The third-order valence-electron chi connectivity index (χ3n) is 4.78. The number of hydrogen-bond donors (Lipinski definition) is 2. The summed E-state index contributed by atoms with van der Waals surface area (Å²) >= 11 is 0. The van der Waals surface area contributed by atoms with Gasteiger partial charge in [0.15, 0.2) is 11.5 Å². The van der Waals surface area contributed by atoms with Crippen LogP contribution in [0.5, 0.6) is 17.2 Å². The van der Waals surface area contributed by atoms with Gasteiger partial charge in [0.1, 0.15) is 5.75 Å². The maximum atomic E-state index is 12.2. The Balaban J connectivity index is 1.44. The SMILES string of the molecule is O=C(Cc1ccccc1O)Nc1ccc2c(c1)OC1(CCCCC1)O2. The molecule has 4 rings (SSSR count). The Hall–Kier alpha value is -2.69. The molecule has 0 unspecified atom stereocenters. The summed E-state index contributed by atoms with van der Waals surface area (Å²) in [6.07, 6.45) is 5.35. The van der Waals surface area contributed by atoms with Crippen LogP contribution in [0.3, 0.4) is 0 Å². The Kier molecular flexibility index (Phi) is 3.99. The van der Waals surface area contributed by atoms with E-state index in [2.05, 4.69) is 5.32 Å². The highest BCUT2D eigenvalue weighted by Crippen LogP contribution is 2.46. The van der Waals surface area contributed by atoms with E-state index in [4.69, 9.17) is 9.47 Å². The van der Waals surface area contributed by atoms with Gasteiger partial charge >= 0.3 is 0 Å². The van der Waals surface area contributed by atoms with Gasteiger partial charge in [0.2, 0.25) is 5.91 Å². The second-order valence-corrected chi connectivity index (χ2v) is 6.69. The normalized spacial score (nSPS) is 17.4. The van der Waals surface area contributed by atoms with Crippen molar-refractivity contribution in [2.24, 2.45) is 0 Å². The molecule has 0 aromatic heterocycles. The molecule has 0 bridgehead atoms. The fraction of sp³-hybridized carbons (Fsp3) is 0.350. The average molecular weight is 339 g/mol. The molecule has 1 aliphatic carbocycles. The summed E-state index contributed by atoms with van der Waals surface area (Å²) in [6.45, 7) is 0. The molecule has 25 heavy (non-hydrogen) atoms. The smallest absolute Gasteiger partial charge is 0.251 e. The van der Waals surface area contributed by atoms with Crippen LogP contribution in [0.2, 0.25) is 0 Å². The quantitative estimate of drug-likeness (QED) is 0.887. The number of phenolic OH excluding ortho intramolecular Hbond substituents is 1. The van der Waals surface area contributed by atoms with E-state index in [1.807, 2.05) is 12.1 Å². The molecule has 5 nitrogen and oxygen atoms in total. The van der Waals surface area contributed by atoms with E-state index in [9.17, 15) is 9.90 Å². The number of fused-ring (bicyclic) bond motifs is 1. The molecule has 1 fully saturated rings. The number of amides is 1. The van der Waals surface area contributed by atoms with E-state index >= 15 is 0 Å². The topological polar surface area (TPSA) is 67.8 Å². The lowest BCUT2D eigenvalue weighted by Gasteiger charge is -2.31. The van der Waals surface area contributed by atoms with Crippen molar-refractivity contribution in [1.82, 2.24) is 0 Å². The van der Waals surface area contributed by atoms with Crippen LogP contribution in [0.25, 0.3) is 0 Å². The van der Waals surface area contributed by atoms with Crippen LogP contribution in [0.1, 0.15) is 37.7 Å². The number of anilines is 1. The Morgan fingerprint density at radius 3 is 2.60 bits per heavy atom. The zero-order chi connectivity index (χ0) is 17.3. The van der Waals surface area contributed by atoms with Crippen LogP contribution >= 0.6 is 0 Å². The number of aromatic hydroxyl groups is 1. The molecular formula is C20H21NO4. The highest BCUT2D eigenvalue weighted by Gasteiger charge is 2.42. The zero-order valence-corrected chi connectivity index (χ0v) is 14.0. The van der Waals surface area contributed by atoms with Gasteiger partial charge in [0.25, 0.3) is 5.79 Å². The predicted molar refractivity (Wildman–Crippen MR) is 94.0 cm³/mol. The summed E-state index contributed by atoms with van der Waals surface area (Å²) < 4.78 is 12.1. The maximum Gasteiger partial charge on any atom is 0.251 e. The number of rotatable bonds is 3. The molecule has 0 radical (unpaired) electrons. The van der Waals surface area contributed by atoms with Gasteiger partial charge in [-0.3, -0.25) is 4.79 Å². The number of phenols is 1. The minimum absolute atomic E-state index is 0.116. The van der Waals surface area contributed by atoms with Crippen LogP contribution in [-0.2, 0) is 11.2 Å². The molecule has 2 aromatic carbocycles. The number of benzene rings is 2. The van der Waals surface area contributed by atoms with Crippen molar-refractivity contribution in [2.45, 2.75) is 44.3 Å². The van der Waals surface area contributed by atoms with Crippen molar-refractivity contribution < 1.29 is 19.4 Å². The lowest BCUT2D eigenvalue weighted by atomic mass is 9.94. The standard InChI is InChI=1S/C20H21NO4/c22-16-7-3-2-6-14(16)12-19(23)21-15-8-9-17-18(13-15)25-20(24-17)10-4-1-5-11-20/h2-3,6-9,13,22H,1,4-5,10-12H2,(H,21,23). The first-order valence-electron chi connectivity index (χ1n) is 8.72. The summed E-state index contributed by atoms with van der Waals surface area (Å²) in [6, 6.07) is 12.3. The summed E-state index contributed by atoms with van der Waals surface area (Å²) in [5.41, 5.74) is 1.26. The summed E-state index contributed by atoms with van der Waals surface area (Å²) in [7, 11) is 0. The van der Waals surface area contributed by atoms with Crippen molar-refractivity contribution in [1.29, 1.82) is 0 Å². The second-order valence-electron chi connectivity index (χ2n) is 6.69. The van der Waals surface area contributed by atoms with Crippen LogP contribution in [0, 0.1) is 0 Å². The lowest BCUT2D eigenvalue weighted by Crippen LogP contribution is -2.40. The highest BCUT2D eigenvalue weighted by molar-refractivity contribution is 5.93. The fourth-order valence-corrected chi connectivity index (χ4v) is 3.50. The molecule has 2 N–H and O–H groups in total. The predicted octanol–water partition coefficient (Wildman–Crippen LogP) is 4.01. The fourth-order valence-electron chi connectivity index (χ4n) is 3.50. The Morgan fingerprint density at radius 2 is 1.80 bits per heavy atom. The van der Waals surface area contributed by atoms with Crippen LogP contribution in [0.4, 0.5) is 5.69 Å². The molecule has 1 heterocycles. The summed E-state index contributed by atoms with van der Waals surface area (Å²) in [5, 5.41) is 12.6. The van der Waals surface area contributed by atoms with Crippen molar-refractivity contribution >= 4 is 11.6 Å². The van der Waals surface area contributed by atoms with Gasteiger partial charge in [-0.15, -0.1) is 0 Å². The molecule has 2 aromatic rings. The molecule has 1 amide bonds. The van der Waals surface area contributed by atoms with E-state index in [1.165, 1.54) is 6.42 Å². The van der Waals surface area contributed by atoms with Crippen LogP contribution < -0.4 is 14.8 Å². The third-order valence-corrected chi connectivity index (χ3v) is 4.78. The van der Waals surface area contributed by atoms with Gasteiger partial charge in [0, 0.05) is 30.2 Å².